The van der Waals surface area contributed by atoms with E-state index in [2.05, 4.69) is 15.6 Å². The van der Waals surface area contributed by atoms with E-state index in [1.165, 1.54) is 11.3 Å². The minimum absolute atomic E-state index is 0.125. The maximum atomic E-state index is 12.5. The van der Waals surface area contributed by atoms with Gasteiger partial charge in [0.05, 0.1) is 0 Å². The van der Waals surface area contributed by atoms with Gasteiger partial charge in [0, 0.05) is 35.4 Å². The van der Waals surface area contributed by atoms with Gasteiger partial charge in [-0.2, -0.15) is 0 Å². The molecule has 0 unspecified atom stereocenters. The molecule has 26 heavy (non-hydrogen) atoms. The second-order valence-electron chi connectivity index (χ2n) is 5.79. The normalized spacial score (nSPS) is 13.5. The van der Waals surface area contributed by atoms with E-state index < -0.39 is 0 Å². The monoisotopic (exact) mass is 364 g/mol. The van der Waals surface area contributed by atoms with Crippen molar-refractivity contribution in [3.63, 3.8) is 0 Å². The predicted octanol–water partition coefficient (Wildman–Crippen LogP) is 3.59. The van der Waals surface area contributed by atoms with Crippen molar-refractivity contribution in [1.29, 1.82) is 0 Å². The zero-order valence-electron chi connectivity index (χ0n) is 13.8. The van der Waals surface area contributed by atoms with Crippen LogP contribution >= 0.6 is 11.3 Å². The van der Waals surface area contributed by atoms with Gasteiger partial charge < -0.3 is 10.6 Å². The predicted molar refractivity (Wildman–Crippen MR) is 103 cm³/mol. The lowest BCUT2D eigenvalue weighted by molar-refractivity contribution is 0.102. The minimum Gasteiger partial charge on any atom is -0.336 e. The first-order chi connectivity index (χ1) is 12.7. The molecule has 3 amide bonds. The average molecular weight is 364 g/mol. The molecule has 1 aromatic heterocycles. The number of hydrogen-bond donors (Lipinski definition) is 2. The lowest BCUT2D eigenvalue weighted by atomic mass is 10.2. The molecule has 2 N–H and O–H groups in total. The number of carbonyl (C=O) groups is 2. The lowest BCUT2D eigenvalue weighted by Crippen LogP contribution is -2.27. The zero-order chi connectivity index (χ0) is 17.9. The number of carbonyl (C=O) groups excluding carboxylic acids is 2. The van der Waals surface area contributed by atoms with Gasteiger partial charge in [-0.25, -0.2) is 9.78 Å². The second kappa shape index (κ2) is 6.97. The summed E-state index contributed by atoms with van der Waals surface area (Å²) in [5.41, 5.74) is 2.74. The first kappa shape index (κ1) is 16.3. The van der Waals surface area contributed by atoms with Gasteiger partial charge in [-0.1, -0.05) is 36.4 Å². The second-order valence-corrected chi connectivity index (χ2v) is 6.65. The average Bonchev–Trinajstić information content (AvgIpc) is 3.32. The van der Waals surface area contributed by atoms with Crippen LogP contribution in [0.5, 0.6) is 0 Å². The van der Waals surface area contributed by atoms with Crippen molar-refractivity contribution in [2.75, 3.05) is 23.3 Å². The third kappa shape index (κ3) is 3.29. The van der Waals surface area contributed by atoms with Crippen LogP contribution in [0.25, 0.3) is 10.6 Å². The van der Waals surface area contributed by atoms with Crippen molar-refractivity contribution >= 4 is 34.6 Å². The van der Waals surface area contributed by atoms with Gasteiger partial charge in [0.1, 0.15) is 10.7 Å². The largest absolute Gasteiger partial charge is 0.336 e. The fourth-order valence-corrected chi connectivity index (χ4v) is 3.56. The number of urea groups is 1. The molecule has 0 aliphatic carbocycles. The highest BCUT2D eigenvalue weighted by atomic mass is 32.1. The number of aromatic nitrogens is 1. The van der Waals surface area contributed by atoms with Gasteiger partial charge in [0.15, 0.2) is 0 Å². The molecule has 3 aromatic rings. The molecule has 6 nitrogen and oxygen atoms in total. The first-order valence-electron chi connectivity index (χ1n) is 8.18. The Hall–Kier alpha value is -3.19. The highest BCUT2D eigenvalue weighted by Crippen LogP contribution is 2.25. The lowest BCUT2D eigenvalue weighted by Gasteiger charge is -2.15. The molecule has 1 aliphatic heterocycles. The molecule has 0 atom stereocenters. The molecule has 2 heterocycles. The van der Waals surface area contributed by atoms with Crippen molar-refractivity contribution in [3.8, 4) is 10.6 Å². The van der Waals surface area contributed by atoms with Crippen LogP contribution in [0.1, 0.15) is 10.5 Å². The molecule has 2 aromatic carbocycles. The maximum Gasteiger partial charge on any atom is 0.321 e. The van der Waals surface area contributed by atoms with Gasteiger partial charge >= 0.3 is 6.03 Å². The summed E-state index contributed by atoms with van der Waals surface area (Å²) < 4.78 is 0. The Bertz CT molecular complexity index is 955. The van der Waals surface area contributed by atoms with Crippen molar-refractivity contribution in [2.45, 2.75) is 0 Å². The smallest absolute Gasteiger partial charge is 0.321 e. The maximum absolute atomic E-state index is 12.5. The van der Waals surface area contributed by atoms with Gasteiger partial charge in [0.25, 0.3) is 5.91 Å². The fraction of sp³-hybridized carbons (Fsp3) is 0.105. The number of anilines is 2. The highest BCUT2D eigenvalue weighted by molar-refractivity contribution is 7.13. The number of benzene rings is 2. The van der Waals surface area contributed by atoms with Crippen LogP contribution < -0.4 is 15.5 Å². The Morgan fingerprint density at radius 2 is 2.00 bits per heavy atom. The Morgan fingerprint density at radius 1 is 1.15 bits per heavy atom. The van der Waals surface area contributed by atoms with Crippen LogP contribution in [0.2, 0.25) is 0 Å². The number of nitrogens with one attached hydrogen (secondary N) is 2. The SMILES string of the molecule is O=C(Nc1cccc(N2CCNC2=O)c1)c1csc(-c2ccccc2)n1. The topological polar surface area (TPSA) is 74.3 Å². The van der Waals surface area contributed by atoms with Gasteiger partial charge in [-0.05, 0) is 18.2 Å². The summed E-state index contributed by atoms with van der Waals surface area (Å²) in [5.74, 6) is -0.272. The zero-order valence-corrected chi connectivity index (χ0v) is 14.6. The van der Waals surface area contributed by atoms with E-state index in [0.717, 1.165) is 16.3 Å². The molecular weight excluding hydrogens is 348 g/mol. The Kier molecular flexibility index (Phi) is 4.37. The molecule has 7 heteroatoms. The van der Waals surface area contributed by atoms with E-state index in [-0.39, 0.29) is 11.9 Å². The molecule has 0 radical (unpaired) electrons. The molecule has 1 fully saturated rings. The van der Waals surface area contributed by atoms with Crippen LogP contribution in [0, 0.1) is 0 Å². The summed E-state index contributed by atoms with van der Waals surface area (Å²) in [4.78, 5) is 30.3. The Balaban J connectivity index is 1.50. The molecule has 0 saturated carbocycles. The molecule has 1 aliphatic rings. The van der Waals surface area contributed by atoms with Crippen molar-refractivity contribution in [1.82, 2.24) is 10.3 Å². The third-order valence-corrected chi connectivity index (χ3v) is 4.92. The van der Waals surface area contributed by atoms with Gasteiger partial charge in [0.2, 0.25) is 0 Å². The summed E-state index contributed by atoms with van der Waals surface area (Å²) in [6.45, 7) is 1.24. The van der Waals surface area contributed by atoms with Crippen LogP contribution in [-0.2, 0) is 0 Å². The van der Waals surface area contributed by atoms with E-state index in [9.17, 15) is 9.59 Å². The number of rotatable bonds is 4. The van der Waals surface area contributed by atoms with Gasteiger partial charge in [-0.15, -0.1) is 11.3 Å². The van der Waals surface area contributed by atoms with Crippen LogP contribution in [0.15, 0.2) is 60.0 Å². The molecule has 0 spiro atoms. The fourth-order valence-electron chi connectivity index (χ4n) is 2.76. The third-order valence-electron chi connectivity index (χ3n) is 4.03. The number of amides is 3. The van der Waals surface area contributed by atoms with E-state index in [4.69, 9.17) is 0 Å². The summed E-state index contributed by atoms with van der Waals surface area (Å²) in [5, 5.41) is 8.16. The highest BCUT2D eigenvalue weighted by Gasteiger charge is 2.21. The van der Waals surface area contributed by atoms with Crippen LogP contribution in [0.3, 0.4) is 0 Å². The Morgan fingerprint density at radius 3 is 2.77 bits per heavy atom. The van der Waals surface area contributed by atoms with Crippen molar-refractivity contribution in [2.24, 2.45) is 0 Å². The van der Waals surface area contributed by atoms with Gasteiger partial charge in [-0.3, -0.25) is 9.69 Å². The summed E-state index contributed by atoms with van der Waals surface area (Å²) in [6, 6.07) is 16.9. The molecule has 4 rings (SSSR count). The first-order valence-corrected chi connectivity index (χ1v) is 9.06. The Labute approximate surface area is 154 Å². The number of hydrogen-bond acceptors (Lipinski definition) is 4. The summed E-state index contributed by atoms with van der Waals surface area (Å²) in [6.07, 6.45) is 0. The van der Waals surface area contributed by atoms with Crippen molar-refractivity contribution in [3.05, 3.63) is 65.7 Å². The number of nitrogens with zero attached hydrogens (tertiary/aromatic N) is 2. The van der Waals surface area contributed by atoms with E-state index in [1.807, 2.05) is 42.5 Å². The van der Waals surface area contributed by atoms with Crippen LogP contribution in [0.4, 0.5) is 16.2 Å². The standard InChI is InChI=1S/C19H16N4O2S/c24-17(16-12-26-18(22-16)13-5-2-1-3-6-13)21-14-7-4-8-15(11-14)23-10-9-20-19(23)25/h1-8,11-12H,9-10H2,(H,20,25)(H,21,24). The molecule has 1 saturated heterocycles. The van der Waals surface area contributed by atoms with Crippen molar-refractivity contribution < 1.29 is 9.59 Å². The summed E-state index contributed by atoms with van der Waals surface area (Å²) >= 11 is 1.43. The molecule has 0 bridgehead atoms. The van der Waals surface area contributed by atoms with E-state index >= 15 is 0 Å². The molecular formula is C19H16N4O2S. The number of thiazole rings is 1. The van der Waals surface area contributed by atoms with Crippen LogP contribution in [-0.4, -0.2) is 30.0 Å². The quantitative estimate of drug-likeness (QED) is 0.743. The summed E-state index contributed by atoms with van der Waals surface area (Å²) in [7, 11) is 0. The minimum atomic E-state index is -0.272. The van der Waals surface area contributed by atoms with E-state index in [0.29, 0.717) is 24.5 Å². The van der Waals surface area contributed by atoms with E-state index in [1.54, 1.807) is 22.4 Å². The molecule has 130 valence electrons.